The maximum absolute atomic E-state index is 9.37. The Morgan fingerprint density at radius 3 is 2.52 bits per heavy atom. The van der Waals surface area contributed by atoms with Gasteiger partial charge < -0.3 is 4.74 Å². The topological polar surface area (TPSA) is 56.8 Å². The Morgan fingerprint density at radius 1 is 1.09 bits per heavy atom. The number of nitrogens with zero attached hydrogens (tertiary/aromatic N) is 2. The summed E-state index contributed by atoms with van der Waals surface area (Å²) in [6, 6.07) is 20.1. The molecule has 0 N–H and O–H groups in total. The van der Waals surface area contributed by atoms with E-state index in [0.717, 1.165) is 28.9 Å². The molecule has 0 saturated heterocycles. The number of rotatable bonds is 3. The van der Waals surface area contributed by atoms with Gasteiger partial charge in [-0.1, -0.05) is 54.1 Å². The molecule has 112 valence electrons. The molecule has 2 aromatic rings. The fourth-order valence-electron chi connectivity index (χ4n) is 3.23. The van der Waals surface area contributed by atoms with Crippen LogP contribution < -0.4 is 4.74 Å². The second-order valence-electron chi connectivity index (χ2n) is 5.55. The number of hydrogen-bond acceptors (Lipinski definition) is 3. The number of methoxy groups -OCH3 is 1. The Labute approximate surface area is 136 Å². The Kier molecular flexibility index (Phi) is 4.13. The van der Waals surface area contributed by atoms with Crippen molar-refractivity contribution in [2.45, 2.75) is 12.3 Å². The predicted molar refractivity (Wildman–Crippen MR) is 88.6 cm³/mol. The van der Waals surface area contributed by atoms with Crippen LogP contribution in [-0.4, -0.2) is 7.11 Å². The SMILES string of the molecule is COc1ccccc1/C=C1\Cc2ccccc2C1C(C#N)C#N. The lowest BCUT2D eigenvalue weighted by Crippen LogP contribution is -2.08. The van der Waals surface area contributed by atoms with Crippen LogP contribution in [-0.2, 0) is 6.42 Å². The first-order chi connectivity index (χ1) is 11.3. The van der Waals surface area contributed by atoms with Gasteiger partial charge in [0.05, 0.1) is 19.2 Å². The summed E-state index contributed by atoms with van der Waals surface area (Å²) >= 11 is 0. The third kappa shape index (κ3) is 2.70. The summed E-state index contributed by atoms with van der Waals surface area (Å²) in [6.45, 7) is 0. The number of ether oxygens (including phenoxy) is 1. The molecule has 1 aliphatic rings. The first-order valence-corrected chi connectivity index (χ1v) is 7.49. The molecule has 1 unspecified atom stereocenters. The zero-order valence-corrected chi connectivity index (χ0v) is 12.9. The zero-order chi connectivity index (χ0) is 16.2. The zero-order valence-electron chi connectivity index (χ0n) is 12.9. The molecular weight excluding hydrogens is 284 g/mol. The molecule has 2 aromatic carbocycles. The smallest absolute Gasteiger partial charge is 0.143 e. The van der Waals surface area contributed by atoms with Crippen molar-refractivity contribution >= 4 is 6.08 Å². The van der Waals surface area contributed by atoms with Gasteiger partial charge in [-0.25, -0.2) is 0 Å². The molecular formula is C20H16N2O. The quantitative estimate of drug-likeness (QED) is 0.858. The Morgan fingerprint density at radius 2 is 1.78 bits per heavy atom. The average molecular weight is 300 g/mol. The van der Waals surface area contributed by atoms with Crippen molar-refractivity contribution in [1.82, 2.24) is 0 Å². The Bertz CT molecular complexity index is 825. The van der Waals surface area contributed by atoms with Crippen molar-refractivity contribution in [3.8, 4) is 17.9 Å². The number of allylic oxidation sites excluding steroid dienone is 1. The molecule has 0 spiro atoms. The maximum atomic E-state index is 9.37. The molecule has 0 bridgehead atoms. The van der Waals surface area contributed by atoms with Crippen LogP contribution in [0.2, 0.25) is 0 Å². The second-order valence-corrected chi connectivity index (χ2v) is 5.55. The lowest BCUT2D eigenvalue weighted by Gasteiger charge is -2.15. The standard InChI is InChI=1S/C20H16N2O/c1-23-19-9-5-3-7-15(19)11-16-10-14-6-2-4-8-18(14)20(16)17(12-21)13-22/h2-9,11,17,20H,10H2,1H3/b16-11+. The Hall–Kier alpha value is -3.04. The van der Waals surface area contributed by atoms with Crippen LogP contribution in [0.15, 0.2) is 54.1 Å². The summed E-state index contributed by atoms with van der Waals surface area (Å²) in [5.74, 6) is -0.0640. The highest BCUT2D eigenvalue weighted by Gasteiger charge is 2.33. The van der Waals surface area contributed by atoms with E-state index in [2.05, 4.69) is 24.3 Å². The fraction of sp³-hybridized carbons (Fsp3) is 0.200. The number of benzene rings is 2. The highest BCUT2D eigenvalue weighted by atomic mass is 16.5. The van der Waals surface area contributed by atoms with Gasteiger partial charge in [0.15, 0.2) is 0 Å². The minimum atomic E-state index is -0.681. The van der Waals surface area contributed by atoms with Gasteiger partial charge in [0.25, 0.3) is 0 Å². The van der Waals surface area contributed by atoms with Crippen LogP contribution in [0.4, 0.5) is 0 Å². The summed E-state index contributed by atoms with van der Waals surface area (Å²) < 4.78 is 5.41. The van der Waals surface area contributed by atoms with E-state index in [1.165, 1.54) is 5.56 Å². The second kappa shape index (κ2) is 6.38. The molecule has 0 aromatic heterocycles. The largest absolute Gasteiger partial charge is 0.496 e. The number of fused-ring (bicyclic) bond motifs is 1. The maximum Gasteiger partial charge on any atom is 0.143 e. The van der Waals surface area contributed by atoms with Crippen LogP contribution in [0, 0.1) is 28.6 Å². The average Bonchev–Trinajstić information content (AvgIpc) is 2.95. The van der Waals surface area contributed by atoms with E-state index >= 15 is 0 Å². The van der Waals surface area contributed by atoms with E-state index in [1.807, 2.05) is 42.5 Å². The molecule has 3 nitrogen and oxygen atoms in total. The third-order valence-electron chi connectivity index (χ3n) is 4.28. The van der Waals surface area contributed by atoms with Crippen LogP contribution in [0.3, 0.4) is 0 Å². The van der Waals surface area contributed by atoms with Gasteiger partial charge in [-0.15, -0.1) is 0 Å². The van der Waals surface area contributed by atoms with E-state index < -0.39 is 5.92 Å². The minimum absolute atomic E-state index is 0.175. The summed E-state index contributed by atoms with van der Waals surface area (Å²) in [5.41, 5.74) is 4.33. The van der Waals surface area contributed by atoms with E-state index in [4.69, 9.17) is 4.74 Å². The van der Waals surface area contributed by atoms with Crippen LogP contribution in [0.5, 0.6) is 5.75 Å². The number of hydrogen-bond donors (Lipinski definition) is 0. The van der Waals surface area contributed by atoms with Crippen molar-refractivity contribution in [2.24, 2.45) is 5.92 Å². The molecule has 0 radical (unpaired) electrons. The third-order valence-corrected chi connectivity index (χ3v) is 4.28. The molecule has 3 rings (SSSR count). The summed E-state index contributed by atoms with van der Waals surface area (Å²) in [5, 5.41) is 18.7. The number of para-hydroxylation sites is 1. The van der Waals surface area contributed by atoms with E-state index in [1.54, 1.807) is 7.11 Å². The van der Waals surface area contributed by atoms with Crippen LogP contribution in [0.25, 0.3) is 6.08 Å². The summed E-state index contributed by atoms with van der Waals surface area (Å²) in [7, 11) is 1.64. The molecule has 1 aliphatic carbocycles. The monoisotopic (exact) mass is 300 g/mol. The lowest BCUT2D eigenvalue weighted by molar-refractivity contribution is 0.414. The summed E-state index contributed by atoms with van der Waals surface area (Å²) in [6.07, 6.45) is 2.82. The molecule has 0 heterocycles. The molecule has 3 heteroatoms. The van der Waals surface area contributed by atoms with Crippen molar-refractivity contribution in [2.75, 3.05) is 7.11 Å². The van der Waals surface area contributed by atoms with E-state index in [9.17, 15) is 10.5 Å². The highest BCUT2D eigenvalue weighted by molar-refractivity contribution is 5.65. The van der Waals surface area contributed by atoms with Gasteiger partial charge in [-0.3, -0.25) is 0 Å². The van der Waals surface area contributed by atoms with Crippen molar-refractivity contribution < 1.29 is 4.74 Å². The van der Waals surface area contributed by atoms with Gasteiger partial charge in [-0.2, -0.15) is 10.5 Å². The number of nitriles is 2. The van der Waals surface area contributed by atoms with Gasteiger partial charge in [0.1, 0.15) is 11.7 Å². The summed E-state index contributed by atoms with van der Waals surface area (Å²) in [4.78, 5) is 0. The first kappa shape index (κ1) is 14.9. The van der Waals surface area contributed by atoms with Gasteiger partial charge >= 0.3 is 0 Å². The van der Waals surface area contributed by atoms with Crippen LogP contribution >= 0.6 is 0 Å². The Balaban J connectivity index is 2.10. The fourth-order valence-corrected chi connectivity index (χ4v) is 3.23. The normalized spacial score (nSPS) is 17.6. The molecule has 23 heavy (non-hydrogen) atoms. The van der Waals surface area contributed by atoms with Gasteiger partial charge in [0, 0.05) is 11.5 Å². The van der Waals surface area contributed by atoms with E-state index in [0.29, 0.717) is 0 Å². The van der Waals surface area contributed by atoms with Gasteiger partial charge in [0.2, 0.25) is 0 Å². The molecule has 1 atom stereocenters. The van der Waals surface area contributed by atoms with Crippen LogP contribution in [0.1, 0.15) is 22.6 Å². The van der Waals surface area contributed by atoms with Crippen molar-refractivity contribution in [3.05, 3.63) is 70.8 Å². The lowest BCUT2D eigenvalue weighted by atomic mass is 9.85. The highest BCUT2D eigenvalue weighted by Crippen LogP contribution is 2.43. The molecule has 0 amide bonds. The molecule has 0 aliphatic heterocycles. The van der Waals surface area contributed by atoms with E-state index in [-0.39, 0.29) is 5.92 Å². The predicted octanol–water partition coefficient (Wildman–Crippen LogP) is 4.08. The minimum Gasteiger partial charge on any atom is -0.496 e. The molecule has 0 saturated carbocycles. The van der Waals surface area contributed by atoms with Gasteiger partial charge in [-0.05, 0) is 23.6 Å². The van der Waals surface area contributed by atoms with Crippen molar-refractivity contribution in [1.29, 1.82) is 10.5 Å². The molecule has 0 fully saturated rings. The first-order valence-electron chi connectivity index (χ1n) is 7.49. The van der Waals surface area contributed by atoms with Crippen molar-refractivity contribution in [3.63, 3.8) is 0 Å².